The molecule has 0 aliphatic heterocycles. The summed E-state index contributed by atoms with van der Waals surface area (Å²) in [4.78, 5) is 0. The average Bonchev–Trinajstić information content (AvgIpc) is 2.60. The molecular formula is C27H40. The van der Waals surface area contributed by atoms with E-state index in [9.17, 15) is 0 Å². The summed E-state index contributed by atoms with van der Waals surface area (Å²) < 4.78 is 0. The van der Waals surface area contributed by atoms with Crippen molar-refractivity contribution in [2.45, 2.75) is 87.5 Å². The molecule has 0 heteroatoms. The molecule has 0 aromatic heterocycles. The van der Waals surface area contributed by atoms with Gasteiger partial charge >= 0.3 is 0 Å². The van der Waals surface area contributed by atoms with Crippen LogP contribution in [-0.2, 0) is 0 Å². The van der Waals surface area contributed by atoms with Gasteiger partial charge in [-0.15, -0.1) is 0 Å². The molecule has 0 aliphatic carbocycles. The molecule has 0 unspecified atom stereocenters. The molecule has 0 saturated carbocycles. The summed E-state index contributed by atoms with van der Waals surface area (Å²) in [6.45, 7) is 20.0. The van der Waals surface area contributed by atoms with Gasteiger partial charge in [0.25, 0.3) is 0 Å². The van der Waals surface area contributed by atoms with Crippen LogP contribution < -0.4 is 0 Å². The minimum absolute atomic E-state index is 0. The van der Waals surface area contributed by atoms with Gasteiger partial charge in [-0.3, -0.25) is 0 Å². The van der Waals surface area contributed by atoms with Gasteiger partial charge in [-0.05, 0) is 80.6 Å². The largest absolute Gasteiger partial charge is 0.0776 e. The third-order valence-corrected chi connectivity index (χ3v) is 5.36. The zero-order valence-corrected chi connectivity index (χ0v) is 18.2. The van der Waals surface area contributed by atoms with E-state index in [1.807, 2.05) is 13.8 Å². The highest BCUT2D eigenvalue weighted by molar-refractivity contribution is 6.00. The Labute approximate surface area is 168 Å². The second kappa shape index (κ2) is 9.40. The number of benzene rings is 3. The highest BCUT2D eigenvalue weighted by Gasteiger charge is 2.13. The van der Waals surface area contributed by atoms with Crippen LogP contribution in [0.2, 0.25) is 0 Å². The fourth-order valence-corrected chi connectivity index (χ4v) is 3.95. The van der Waals surface area contributed by atoms with Crippen LogP contribution in [0.3, 0.4) is 0 Å². The lowest BCUT2D eigenvalue weighted by Gasteiger charge is -2.19. The van der Waals surface area contributed by atoms with Gasteiger partial charge in [-0.25, -0.2) is 0 Å². The molecule has 0 saturated heterocycles. The van der Waals surface area contributed by atoms with Crippen LogP contribution in [0, 0.1) is 6.92 Å². The molecule has 0 atom stereocenters. The second-order valence-electron chi connectivity index (χ2n) is 8.15. The SMILES string of the molecule is C.CC.Cc1c(C(C)C)ccc2cc3cc(C(C)C)c(C(C)C)cc3cc12. The van der Waals surface area contributed by atoms with Crippen molar-refractivity contribution in [1.82, 2.24) is 0 Å². The first kappa shape index (κ1) is 23.2. The normalized spacial score (nSPS) is 11.1. The van der Waals surface area contributed by atoms with Gasteiger partial charge in [0.1, 0.15) is 0 Å². The van der Waals surface area contributed by atoms with Crippen LogP contribution in [0.4, 0.5) is 0 Å². The van der Waals surface area contributed by atoms with E-state index in [0.717, 1.165) is 0 Å². The van der Waals surface area contributed by atoms with E-state index in [4.69, 9.17) is 0 Å². The summed E-state index contributed by atoms with van der Waals surface area (Å²) in [5, 5.41) is 5.50. The maximum atomic E-state index is 2.43. The van der Waals surface area contributed by atoms with E-state index in [1.165, 1.54) is 43.8 Å². The Morgan fingerprint density at radius 2 is 1.00 bits per heavy atom. The lowest BCUT2D eigenvalue weighted by atomic mass is 9.86. The minimum atomic E-state index is 0. The molecule has 3 aromatic rings. The fraction of sp³-hybridized carbons (Fsp3) is 0.481. The first-order chi connectivity index (χ1) is 12.3. The third kappa shape index (κ3) is 4.54. The molecule has 0 nitrogen and oxygen atoms in total. The van der Waals surface area contributed by atoms with E-state index in [1.54, 1.807) is 0 Å². The van der Waals surface area contributed by atoms with Crippen molar-refractivity contribution < 1.29 is 0 Å². The van der Waals surface area contributed by atoms with Crippen LogP contribution in [0.1, 0.15) is 103 Å². The maximum absolute atomic E-state index is 2.43. The number of fused-ring (bicyclic) bond motifs is 2. The molecule has 3 aromatic carbocycles. The Bertz CT molecular complexity index is 895. The Morgan fingerprint density at radius 1 is 0.556 bits per heavy atom. The Hall–Kier alpha value is -1.82. The summed E-state index contributed by atoms with van der Waals surface area (Å²) in [5.74, 6) is 1.69. The van der Waals surface area contributed by atoms with Crippen molar-refractivity contribution in [1.29, 1.82) is 0 Å². The van der Waals surface area contributed by atoms with Crippen LogP contribution in [0.25, 0.3) is 21.5 Å². The molecule has 0 aliphatic rings. The quantitative estimate of drug-likeness (QED) is 0.406. The molecule has 27 heavy (non-hydrogen) atoms. The van der Waals surface area contributed by atoms with Gasteiger partial charge in [-0.2, -0.15) is 0 Å². The van der Waals surface area contributed by atoms with Crippen molar-refractivity contribution in [2.24, 2.45) is 0 Å². The van der Waals surface area contributed by atoms with E-state index >= 15 is 0 Å². The van der Waals surface area contributed by atoms with Crippen LogP contribution >= 0.6 is 0 Å². The number of hydrogen-bond donors (Lipinski definition) is 0. The van der Waals surface area contributed by atoms with Crippen LogP contribution in [-0.4, -0.2) is 0 Å². The molecule has 0 fully saturated rings. The molecule has 3 rings (SSSR count). The monoisotopic (exact) mass is 364 g/mol. The Balaban J connectivity index is 0.00000118. The van der Waals surface area contributed by atoms with Gasteiger partial charge in [0.05, 0.1) is 0 Å². The van der Waals surface area contributed by atoms with Crippen LogP contribution in [0.15, 0.2) is 36.4 Å². The van der Waals surface area contributed by atoms with Gasteiger partial charge in [0, 0.05) is 0 Å². The molecule has 0 N–H and O–H groups in total. The number of hydrogen-bond acceptors (Lipinski definition) is 0. The number of rotatable bonds is 3. The average molecular weight is 365 g/mol. The summed E-state index contributed by atoms with van der Waals surface area (Å²) in [5.41, 5.74) is 5.88. The highest BCUT2D eigenvalue weighted by Crippen LogP contribution is 2.35. The van der Waals surface area contributed by atoms with Crippen molar-refractivity contribution >= 4 is 21.5 Å². The molecule has 0 spiro atoms. The summed E-state index contributed by atoms with van der Waals surface area (Å²) in [6, 6.07) is 14.2. The van der Waals surface area contributed by atoms with E-state index in [2.05, 4.69) is 84.9 Å². The molecule has 0 amide bonds. The summed E-state index contributed by atoms with van der Waals surface area (Å²) in [7, 11) is 0. The first-order valence-corrected chi connectivity index (χ1v) is 10.3. The number of aryl methyl sites for hydroxylation is 1. The topological polar surface area (TPSA) is 0 Å². The van der Waals surface area contributed by atoms with Gasteiger partial charge in [-0.1, -0.05) is 87.1 Å². The third-order valence-electron chi connectivity index (χ3n) is 5.36. The Morgan fingerprint density at radius 3 is 1.44 bits per heavy atom. The molecule has 0 radical (unpaired) electrons. The van der Waals surface area contributed by atoms with Crippen LogP contribution in [0.5, 0.6) is 0 Å². The maximum Gasteiger partial charge on any atom is -0.0145 e. The molecule has 148 valence electrons. The first-order valence-electron chi connectivity index (χ1n) is 10.3. The molecule has 0 bridgehead atoms. The predicted molar refractivity (Wildman–Crippen MR) is 127 cm³/mol. The van der Waals surface area contributed by atoms with Gasteiger partial charge < -0.3 is 0 Å². The van der Waals surface area contributed by atoms with E-state index < -0.39 is 0 Å². The summed E-state index contributed by atoms with van der Waals surface area (Å²) in [6.07, 6.45) is 0. The zero-order valence-electron chi connectivity index (χ0n) is 18.2. The lowest BCUT2D eigenvalue weighted by Crippen LogP contribution is -1.99. The molecular weight excluding hydrogens is 324 g/mol. The second-order valence-corrected chi connectivity index (χ2v) is 8.15. The minimum Gasteiger partial charge on any atom is -0.0776 e. The van der Waals surface area contributed by atoms with Gasteiger partial charge in [0.2, 0.25) is 0 Å². The predicted octanol–water partition coefficient (Wildman–Crippen LogP) is 9.33. The highest BCUT2D eigenvalue weighted by atomic mass is 14.2. The summed E-state index contributed by atoms with van der Waals surface area (Å²) >= 11 is 0. The smallest absolute Gasteiger partial charge is 0.0145 e. The van der Waals surface area contributed by atoms with Crippen molar-refractivity contribution in [3.63, 3.8) is 0 Å². The standard InChI is InChI=1S/C24H30.C2H6.CH4/c1-14(2)21-9-8-18-10-19-11-22(15(3)4)23(16(5)6)12-20(19)13-24(18)17(21)7;1-2;/h8-16H,1-7H3;1-2H3;1H4. The zero-order chi connectivity index (χ0) is 19.6. The van der Waals surface area contributed by atoms with Crippen molar-refractivity contribution in [3.8, 4) is 0 Å². The Kier molecular flexibility index (Phi) is 8.08. The fourth-order valence-electron chi connectivity index (χ4n) is 3.95. The van der Waals surface area contributed by atoms with Crippen molar-refractivity contribution in [2.75, 3.05) is 0 Å². The van der Waals surface area contributed by atoms with Gasteiger partial charge in [0.15, 0.2) is 0 Å². The lowest BCUT2D eigenvalue weighted by molar-refractivity contribution is 0.793. The molecule has 0 heterocycles. The van der Waals surface area contributed by atoms with E-state index in [0.29, 0.717) is 17.8 Å². The van der Waals surface area contributed by atoms with Crippen molar-refractivity contribution in [3.05, 3.63) is 58.7 Å². The van der Waals surface area contributed by atoms with E-state index in [-0.39, 0.29) is 7.43 Å².